The smallest absolute Gasteiger partial charge is 0.243 e. The number of benzene rings is 1. The quantitative estimate of drug-likeness (QED) is 0.803. The lowest BCUT2D eigenvalue weighted by atomic mass is 10.2. The monoisotopic (exact) mass is 322 g/mol. The van der Waals surface area contributed by atoms with Crippen molar-refractivity contribution in [3.63, 3.8) is 0 Å². The Morgan fingerprint density at radius 2 is 2.16 bits per heavy atom. The number of nitrogens with two attached hydrogens (primary N) is 1. The van der Waals surface area contributed by atoms with E-state index in [1.54, 1.807) is 0 Å². The molecule has 2 N–H and O–H groups in total. The molecule has 0 spiro atoms. The van der Waals surface area contributed by atoms with Gasteiger partial charge in [-0.15, -0.1) is 0 Å². The predicted molar refractivity (Wildman–Crippen MR) is 80.5 cm³/mol. The Kier molecular flexibility index (Phi) is 5.72. The van der Waals surface area contributed by atoms with Gasteiger partial charge in [0.25, 0.3) is 0 Å². The zero-order valence-corrected chi connectivity index (χ0v) is 13.0. The van der Waals surface area contributed by atoms with Crippen molar-refractivity contribution in [2.45, 2.75) is 4.90 Å². The summed E-state index contributed by atoms with van der Waals surface area (Å²) in [5.74, 6) is -0.0835. The maximum absolute atomic E-state index is 13.7. The van der Waals surface area contributed by atoms with Gasteiger partial charge in [0.15, 0.2) is 0 Å². The van der Waals surface area contributed by atoms with E-state index in [1.165, 1.54) is 35.2 Å². The third kappa shape index (κ3) is 3.65. The molecule has 0 atom stereocenters. The van der Waals surface area contributed by atoms with Crippen LogP contribution >= 0.6 is 24.0 Å². The predicted octanol–water partition coefficient (Wildman–Crippen LogP) is 1.44. The van der Waals surface area contributed by atoms with Crippen molar-refractivity contribution >= 4 is 39.0 Å². The van der Waals surface area contributed by atoms with Gasteiger partial charge >= 0.3 is 0 Å². The second kappa shape index (κ2) is 6.65. The highest BCUT2D eigenvalue weighted by atomic mass is 32.2. The number of sulfonamides is 1. The molecule has 0 heterocycles. The van der Waals surface area contributed by atoms with Crippen LogP contribution in [0.25, 0.3) is 0 Å². The van der Waals surface area contributed by atoms with Gasteiger partial charge in [0.05, 0.1) is 10.5 Å². The fraction of sp³-hybridized carbons (Fsp3) is 0.364. The van der Waals surface area contributed by atoms with Gasteiger partial charge in [-0.05, 0) is 18.4 Å². The number of thiocarbonyl (C=S) groups is 1. The summed E-state index contributed by atoms with van der Waals surface area (Å²) in [6, 6.07) is 3.77. The van der Waals surface area contributed by atoms with Gasteiger partial charge in [-0.2, -0.15) is 11.8 Å². The van der Waals surface area contributed by atoms with E-state index in [9.17, 15) is 12.8 Å². The Morgan fingerprint density at radius 3 is 2.68 bits per heavy atom. The standard InChI is InChI=1S/C11H15FN2O2S3/c1-14(6-7-18-2)19(15,16)9-5-3-4-8(12)10(9)11(13)17/h3-5H,6-7H2,1-2H3,(H2,13,17). The van der Waals surface area contributed by atoms with Crippen molar-refractivity contribution in [2.75, 3.05) is 25.6 Å². The largest absolute Gasteiger partial charge is 0.389 e. The Hall–Kier alpha value is -0.700. The number of nitrogens with zero attached hydrogens (tertiary/aromatic N) is 1. The molecule has 0 saturated heterocycles. The van der Waals surface area contributed by atoms with Crippen LogP contribution in [-0.4, -0.2) is 43.3 Å². The molecule has 19 heavy (non-hydrogen) atoms. The lowest BCUT2D eigenvalue weighted by molar-refractivity contribution is 0.487. The maximum Gasteiger partial charge on any atom is 0.243 e. The van der Waals surface area contributed by atoms with Crippen LogP contribution in [0, 0.1) is 5.82 Å². The number of halogens is 1. The normalized spacial score (nSPS) is 11.8. The molecule has 0 aliphatic rings. The summed E-state index contributed by atoms with van der Waals surface area (Å²) in [6.45, 7) is 0.330. The molecule has 0 aromatic heterocycles. The topological polar surface area (TPSA) is 63.4 Å². The van der Waals surface area contributed by atoms with Crippen LogP contribution in [-0.2, 0) is 10.0 Å². The third-order valence-electron chi connectivity index (χ3n) is 2.52. The molecule has 1 rings (SSSR count). The van der Waals surface area contributed by atoms with Gasteiger partial charge in [-0.3, -0.25) is 0 Å². The highest BCUT2D eigenvalue weighted by Crippen LogP contribution is 2.22. The fourth-order valence-corrected chi connectivity index (χ4v) is 3.69. The Bertz CT molecular complexity index is 575. The van der Waals surface area contributed by atoms with Crippen LogP contribution in [0.15, 0.2) is 23.1 Å². The third-order valence-corrected chi connectivity index (χ3v) is 5.21. The average molecular weight is 322 g/mol. The fourth-order valence-electron chi connectivity index (χ4n) is 1.47. The van der Waals surface area contributed by atoms with Crippen LogP contribution < -0.4 is 5.73 Å². The first kappa shape index (κ1) is 16.4. The molecule has 1 aromatic rings. The van der Waals surface area contributed by atoms with Crippen LogP contribution in [0.1, 0.15) is 5.56 Å². The molecule has 0 saturated carbocycles. The number of rotatable bonds is 6. The molecule has 0 fully saturated rings. The summed E-state index contributed by atoms with van der Waals surface area (Å²) < 4.78 is 39.6. The van der Waals surface area contributed by atoms with E-state index in [1.807, 2.05) is 6.26 Å². The molecule has 0 amide bonds. The minimum atomic E-state index is -3.80. The summed E-state index contributed by atoms with van der Waals surface area (Å²) in [7, 11) is -2.35. The van der Waals surface area contributed by atoms with Gasteiger partial charge < -0.3 is 5.73 Å². The molecule has 106 valence electrons. The molecule has 4 nitrogen and oxygen atoms in total. The molecular formula is C11H15FN2O2S3. The molecule has 0 radical (unpaired) electrons. The van der Waals surface area contributed by atoms with Crippen molar-refractivity contribution < 1.29 is 12.8 Å². The van der Waals surface area contributed by atoms with Gasteiger partial charge in [0.2, 0.25) is 10.0 Å². The molecular weight excluding hydrogens is 307 g/mol. The van der Waals surface area contributed by atoms with Gasteiger partial charge in [0.1, 0.15) is 10.8 Å². The van der Waals surface area contributed by atoms with Gasteiger partial charge in [-0.1, -0.05) is 18.3 Å². The Labute approximate surface area is 122 Å². The van der Waals surface area contributed by atoms with Crippen LogP contribution in [0.3, 0.4) is 0 Å². The first-order valence-corrected chi connectivity index (χ1v) is 8.60. The van der Waals surface area contributed by atoms with Crippen LogP contribution in [0.5, 0.6) is 0 Å². The van der Waals surface area contributed by atoms with E-state index in [0.717, 1.165) is 6.07 Å². The molecule has 1 aromatic carbocycles. The Morgan fingerprint density at radius 1 is 1.53 bits per heavy atom. The minimum Gasteiger partial charge on any atom is -0.389 e. The lowest BCUT2D eigenvalue weighted by Crippen LogP contribution is -2.31. The van der Waals surface area contributed by atoms with E-state index < -0.39 is 15.8 Å². The number of hydrogen-bond donors (Lipinski definition) is 1. The summed E-state index contributed by atoms with van der Waals surface area (Å²) >= 11 is 6.25. The van der Waals surface area contributed by atoms with Crippen LogP contribution in [0.2, 0.25) is 0 Å². The summed E-state index contributed by atoms with van der Waals surface area (Å²) in [5.41, 5.74) is 5.19. The van der Waals surface area contributed by atoms with Crippen molar-refractivity contribution in [3.8, 4) is 0 Å². The first-order valence-electron chi connectivity index (χ1n) is 5.36. The zero-order valence-electron chi connectivity index (χ0n) is 10.6. The van der Waals surface area contributed by atoms with Crippen molar-refractivity contribution in [1.82, 2.24) is 4.31 Å². The summed E-state index contributed by atoms with van der Waals surface area (Å²) in [5, 5.41) is 0. The SMILES string of the molecule is CSCCN(C)S(=O)(=O)c1cccc(F)c1C(N)=S. The molecule has 0 bridgehead atoms. The van der Waals surface area contributed by atoms with E-state index in [2.05, 4.69) is 0 Å². The summed E-state index contributed by atoms with van der Waals surface area (Å²) in [6.07, 6.45) is 1.88. The average Bonchev–Trinajstić information content (AvgIpc) is 2.34. The van der Waals surface area contributed by atoms with Crippen LogP contribution in [0.4, 0.5) is 4.39 Å². The maximum atomic E-state index is 13.7. The van der Waals surface area contributed by atoms with Crippen molar-refractivity contribution in [1.29, 1.82) is 0 Å². The highest BCUT2D eigenvalue weighted by Gasteiger charge is 2.26. The number of hydrogen-bond acceptors (Lipinski definition) is 4. The minimum absolute atomic E-state index is 0.191. The molecule has 0 aliphatic heterocycles. The van der Waals surface area contributed by atoms with E-state index in [-0.39, 0.29) is 15.4 Å². The van der Waals surface area contributed by atoms with Crippen molar-refractivity contribution in [3.05, 3.63) is 29.6 Å². The number of thioether (sulfide) groups is 1. The van der Waals surface area contributed by atoms with E-state index >= 15 is 0 Å². The van der Waals surface area contributed by atoms with E-state index in [0.29, 0.717) is 12.3 Å². The van der Waals surface area contributed by atoms with Gasteiger partial charge in [0, 0.05) is 19.3 Å². The molecule has 0 aliphatic carbocycles. The van der Waals surface area contributed by atoms with Crippen molar-refractivity contribution in [2.24, 2.45) is 5.73 Å². The summed E-state index contributed by atoms with van der Waals surface area (Å²) in [4.78, 5) is -0.460. The zero-order chi connectivity index (χ0) is 14.6. The lowest BCUT2D eigenvalue weighted by Gasteiger charge is -2.18. The van der Waals surface area contributed by atoms with E-state index in [4.69, 9.17) is 18.0 Å². The molecule has 8 heteroatoms. The first-order chi connectivity index (χ1) is 8.82. The Balaban J connectivity index is 3.29. The highest BCUT2D eigenvalue weighted by molar-refractivity contribution is 7.98. The van der Waals surface area contributed by atoms with Gasteiger partial charge in [-0.25, -0.2) is 17.1 Å². The second-order valence-corrected chi connectivity index (χ2v) is 7.24. The molecule has 0 unspecified atom stereocenters. The second-order valence-electron chi connectivity index (χ2n) is 3.80.